The van der Waals surface area contributed by atoms with E-state index in [-0.39, 0.29) is 23.4 Å². The molecule has 6 nitrogen and oxygen atoms in total. The second-order valence-corrected chi connectivity index (χ2v) is 9.53. The molecule has 0 unspecified atom stereocenters. The summed E-state index contributed by atoms with van der Waals surface area (Å²) < 4.78 is 32.0. The number of aromatic nitrogens is 1. The lowest BCUT2D eigenvalue weighted by atomic mass is 9.98. The molecule has 140 valence electrons. The highest BCUT2D eigenvalue weighted by atomic mass is 35.5. The molecule has 0 saturated carbocycles. The van der Waals surface area contributed by atoms with Crippen LogP contribution in [0.2, 0.25) is 5.02 Å². The fraction of sp³-hybridized carbons (Fsp3) is 0.412. The van der Waals surface area contributed by atoms with E-state index in [1.54, 1.807) is 12.1 Å². The molecule has 1 saturated heterocycles. The number of carbonyl (C=O) groups excluding carboxylic acids is 1. The van der Waals surface area contributed by atoms with Gasteiger partial charge in [-0.3, -0.25) is 4.79 Å². The van der Waals surface area contributed by atoms with Gasteiger partial charge in [-0.15, -0.1) is 11.3 Å². The molecule has 26 heavy (non-hydrogen) atoms. The summed E-state index contributed by atoms with van der Waals surface area (Å²) in [5.41, 5.74) is 0.739. The average molecular weight is 415 g/mol. The molecule has 0 spiro atoms. The lowest BCUT2D eigenvalue weighted by Gasteiger charge is -2.30. The molecule has 0 radical (unpaired) electrons. The zero-order valence-corrected chi connectivity index (χ0v) is 16.6. The predicted octanol–water partition coefficient (Wildman–Crippen LogP) is 3.25. The van der Waals surface area contributed by atoms with Gasteiger partial charge in [0, 0.05) is 23.5 Å². The van der Waals surface area contributed by atoms with Crippen molar-refractivity contribution in [1.82, 2.24) is 9.29 Å². The van der Waals surface area contributed by atoms with Crippen LogP contribution < -0.4 is 0 Å². The van der Waals surface area contributed by atoms with Crippen molar-refractivity contribution in [3.8, 4) is 0 Å². The maximum atomic E-state index is 12.6. The number of nitrogens with zero attached hydrogens (tertiary/aromatic N) is 2. The quantitative estimate of drug-likeness (QED) is 0.702. The molecule has 1 aliphatic rings. The van der Waals surface area contributed by atoms with Crippen LogP contribution in [0.5, 0.6) is 0 Å². The summed E-state index contributed by atoms with van der Waals surface area (Å²) in [6.45, 7) is 2.64. The van der Waals surface area contributed by atoms with E-state index < -0.39 is 10.0 Å². The summed E-state index contributed by atoms with van der Waals surface area (Å²) in [6.07, 6.45) is 0.892. The Labute approximate surface area is 161 Å². The molecule has 0 aliphatic carbocycles. The van der Waals surface area contributed by atoms with E-state index in [1.807, 2.05) is 12.3 Å². The number of halogens is 1. The van der Waals surface area contributed by atoms with Gasteiger partial charge in [0.25, 0.3) is 0 Å². The third kappa shape index (κ3) is 4.43. The molecule has 2 heterocycles. The van der Waals surface area contributed by atoms with Crippen molar-refractivity contribution < 1.29 is 17.9 Å². The first-order valence-corrected chi connectivity index (χ1v) is 10.9. The van der Waals surface area contributed by atoms with Gasteiger partial charge in [0.15, 0.2) is 0 Å². The molecule has 1 aliphatic heterocycles. The third-order valence-corrected chi connectivity index (χ3v) is 7.25. The van der Waals surface area contributed by atoms with Crippen LogP contribution in [0.25, 0.3) is 0 Å². The van der Waals surface area contributed by atoms with Gasteiger partial charge in [0.1, 0.15) is 6.61 Å². The number of sulfonamides is 1. The SMILES string of the molecule is Cc1nc(COC(=O)C2CCN(S(=O)(=O)c3ccc(Cl)cc3)CC2)cs1. The second kappa shape index (κ2) is 8.04. The molecule has 1 aromatic heterocycles. The van der Waals surface area contributed by atoms with E-state index in [9.17, 15) is 13.2 Å². The average Bonchev–Trinajstić information content (AvgIpc) is 3.05. The van der Waals surface area contributed by atoms with Crippen LogP contribution >= 0.6 is 22.9 Å². The summed E-state index contributed by atoms with van der Waals surface area (Å²) in [5.74, 6) is -0.578. The first kappa shape index (κ1) is 19.3. The first-order valence-electron chi connectivity index (χ1n) is 8.19. The Morgan fingerprint density at radius 1 is 1.31 bits per heavy atom. The van der Waals surface area contributed by atoms with Gasteiger partial charge < -0.3 is 4.74 Å². The van der Waals surface area contributed by atoms with Crippen LogP contribution in [0.3, 0.4) is 0 Å². The monoisotopic (exact) mass is 414 g/mol. The highest BCUT2D eigenvalue weighted by molar-refractivity contribution is 7.89. The minimum atomic E-state index is -3.57. The number of piperidine rings is 1. The van der Waals surface area contributed by atoms with Gasteiger partial charge in [-0.05, 0) is 44.0 Å². The van der Waals surface area contributed by atoms with Crippen LogP contribution in [-0.4, -0.2) is 36.8 Å². The minimum Gasteiger partial charge on any atom is -0.459 e. The van der Waals surface area contributed by atoms with E-state index in [0.29, 0.717) is 31.0 Å². The fourth-order valence-corrected chi connectivity index (χ4v) is 5.02. The van der Waals surface area contributed by atoms with E-state index in [2.05, 4.69) is 4.98 Å². The molecular weight excluding hydrogens is 396 g/mol. The van der Waals surface area contributed by atoms with E-state index in [0.717, 1.165) is 10.7 Å². The van der Waals surface area contributed by atoms with Crippen molar-refractivity contribution in [1.29, 1.82) is 0 Å². The number of benzene rings is 1. The zero-order chi connectivity index (χ0) is 18.7. The molecule has 0 atom stereocenters. The standard InChI is InChI=1S/C17H19ClN2O4S2/c1-12-19-15(11-25-12)10-24-17(21)13-6-8-20(9-7-13)26(22,23)16-4-2-14(18)3-5-16/h2-5,11,13H,6-10H2,1H3. The Kier molecular flexibility index (Phi) is 5.96. The van der Waals surface area contributed by atoms with Gasteiger partial charge in [0.2, 0.25) is 10.0 Å². The number of ether oxygens (including phenoxy) is 1. The van der Waals surface area contributed by atoms with E-state index >= 15 is 0 Å². The van der Waals surface area contributed by atoms with Crippen molar-refractivity contribution in [2.75, 3.05) is 13.1 Å². The Balaban J connectivity index is 1.54. The van der Waals surface area contributed by atoms with Crippen molar-refractivity contribution in [3.05, 3.63) is 45.4 Å². The highest BCUT2D eigenvalue weighted by Crippen LogP contribution is 2.25. The number of esters is 1. The third-order valence-electron chi connectivity index (χ3n) is 4.27. The predicted molar refractivity (Wildman–Crippen MR) is 99.6 cm³/mol. The fourth-order valence-electron chi connectivity index (χ4n) is 2.82. The van der Waals surface area contributed by atoms with Gasteiger partial charge in [-0.2, -0.15) is 4.31 Å². The van der Waals surface area contributed by atoms with Crippen LogP contribution in [0, 0.1) is 12.8 Å². The smallest absolute Gasteiger partial charge is 0.309 e. The number of hydrogen-bond donors (Lipinski definition) is 0. The van der Waals surface area contributed by atoms with Crippen molar-refractivity contribution >= 4 is 38.9 Å². The normalized spacial score (nSPS) is 16.5. The van der Waals surface area contributed by atoms with Gasteiger partial charge >= 0.3 is 5.97 Å². The summed E-state index contributed by atoms with van der Waals surface area (Å²) in [4.78, 5) is 16.7. The molecule has 1 fully saturated rings. The maximum Gasteiger partial charge on any atom is 0.309 e. The molecule has 0 amide bonds. The van der Waals surface area contributed by atoms with Gasteiger partial charge in [-0.25, -0.2) is 13.4 Å². The Hall–Kier alpha value is -1.48. The van der Waals surface area contributed by atoms with E-state index in [4.69, 9.17) is 16.3 Å². The second-order valence-electron chi connectivity index (χ2n) is 6.10. The lowest BCUT2D eigenvalue weighted by molar-refractivity contribution is -0.151. The molecule has 0 N–H and O–H groups in total. The Morgan fingerprint density at radius 3 is 2.54 bits per heavy atom. The van der Waals surface area contributed by atoms with E-state index in [1.165, 1.54) is 27.8 Å². The summed E-state index contributed by atoms with van der Waals surface area (Å²) in [5, 5.41) is 3.28. The molecular formula is C17H19ClN2O4S2. The molecule has 2 aromatic rings. The van der Waals surface area contributed by atoms with Gasteiger partial charge in [-0.1, -0.05) is 11.6 Å². The number of hydrogen-bond acceptors (Lipinski definition) is 6. The molecule has 9 heteroatoms. The molecule has 1 aromatic carbocycles. The number of carbonyl (C=O) groups is 1. The van der Waals surface area contributed by atoms with Crippen LogP contribution in [-0.2, 0) is 26.2 Å². The highest BCUT2D eigenvalue weighted by Gasteiger charge is 2.32. The summed E-state index contributed by atoms with van der Waals surface area (Å²) in [6, 6.07) is 6.10. The largest absolute Gasteiger partial charge is 0.459 e. The summed E-state index contributed by atoms with van der Waals surface area (Å²) >= 11 is 7.32. The van der Waals surface area contributed by atoms with Crippen LogP contribution in [0.15, 0.2) is 34.5 Å². The molecule has 3 rings (SSSR count). The number of thiazole rings is 1. The Bertz CT molecular complexity index is 872. The zero-order valence-electron chi connectivity index (χ0n) is 14.2. The lowest BCUT2D eigenvalue weighted by Crippen LogP contribution is -2.40. The maximum absolute atomic E-state index is 12.6. The first-order chi connectivity index (χ1) is 12.4. The van der Waals surface area contributed by atoms with Crippen molar-refractivity contribution in [3.63, 3.8) is 0 Å². The van der Waals surface area contributed by atoms with Crippen LogP contribution in [0.1, 0.15) is 23.5 Å². The van der Waals surface area contributed by atoms with Crippen LogP contribution in [0.4, 0.5) is 0 Å². The van der Waals surface area contributed by atoms with Crippen molar-refractivity contribution in [2.45, 2.75) is 31.3 Å². The number of aryl methyl sites for hydroxylation is 1. The number of rotatable bonds is 5. The topological polar surface area (TPSA) is 76.6 Å². The minimum absolute atomic E-state index is 0.159. The Morgan fingerprint density at radius 2 is 1.96 bits per heavy atom. The van der Waals surface area contributed by atoms with Crippen molar-refractivity contribution in [2.24, 2.45) is 5.92 Å². The molecule has 0 bridgehead atoms. The van der Waals surface area contributed by atoms with Gasteiger partial charge in [0.05, 0.1) is 21.5 Å². The summed E-state index contributed by atoms with van der Waals surface area (Å²) in [7, 11) is -3.57.